The van der Waals surface area contributed by atoms with Crippen molar-refractivity contribution in [2.75, 3.05) is 0 Å². The molecule has 3 heterocycles. The Labute approximate surface area is 132 Å². The first kappa shape index (κ1) is 13.2. The third-order valence-electron chi connectivity index (χ3n) is 3.74. The number of hydrogen-bond donors (Lipinski definition) is 0. The average Bonchev–Trinajstić information content (AvgIpc) is 2.95. The maximum absolute atomic E-state index is 5.97. The maximum atomic E-state index is 5.97. The second-order valence-electron chi connectivity index (χ2n) is 5.20. The molecule has 0 saturated heterocycles. The van der Waals surface area contributed by atoms with Gasteiger partial charge >= 0.3 is 0 Å². The van der Waals surface area contributed by atoms with Gasteiger partial charge in [0.1, 0.15) is 10.7 Å². The van der Waals surface area contributed by atoms with Gasteiger partial charge < -0.3 is 4.57 Å². The summed E-state index contributed by atoms with van der Waals surface area (Å²) in [6.07, 6.45) is 4.54. The minimum Gasteiger partial charge on any atom is -0.315 e. The zero-order valence-corrected chi connectivity index (χ0v) is 12.5. The Balaban J connectivity index is 1.61. The van der Waals surface area contributed by atoms with Crippen molar-refractivity contribution >= 4 is 33.7 Å². The number of pyridine rings is 2. The molecule has 22 heavy (non-hydrogen) atoms. The van der Waals surface area contributed by atoms with E-state index in [1.165, 1.54) is 5.56 Å². The number of fused-ring (bicyclic) bond motifs is 2. The molecule has 0 atom stereocenters. The minimum atomic E-state index is 0.492. The molecule has 0 aliphatic carbocycles. The fourth-order valence-corrected chi connectivity index (χ4v) is 2.75. The normalized spacial score (nSPS) is 11.3. The van der Waals surface area contributed by atoms with Crippen molar-refractivity contribution in [3.63, 3.8) is 0 Å². The summed E-state index contributed by atoms with van der Waals surface area (Å²) in [5, 5.41) is 1.66. The van der Waals surface area contributed by atoms with E-state index in [0.29, 0.717) is 5.15 Å². The number of hydrogen-bond acceptors (Lipinski definition) is 3. The number of imidazole rings is 1. The second kappa shape index (κ2) is 5.39. The quantitative estimate of drug-likeness (QED) is 0.540. The number of benzene rings is 1. The predicted molar refractivity (Wildman–Crippen MR) is 88.0 cm³/mol. The molecule has 108 valence electrons. The van der Waals surface area contributed by atoms with Gasteiger partial charge in [-0.1, -0.05) is 23.7 Å². The highest BCUT2D eigenvalue weighted by Gasteiger charge is 2.05. The van der Waals surface area contributed by atoms with Gasteiger partial charge in [0, 0.05) is 18.1 Å². The lowest BCUT2D eigenvalue weighted by molar-refractivity contribution is 0.710. The summed E-state index contributed by atoms with van der Waals surface area (Å²) < 4.78 is 2.04. The Morgan fingerprint density at radius 1 is 1.00 bits per heavy atom. The molecule has 4 nitrogen and oxygen atoms in total. The first-order chi connectivity index (χ1) is 10.8. The largest absolute Gasteiger partial charge is 0.315 e. The lowest BCUT2D eigenvalue weighted by Crippen LogP contribution is -2.01. The minimum absolute atomic E-state index is 0.492. The van der Waals surface area contributed by atoms with Crippen LogP contribution in [0.2, 0.25) is 5.15 Å². The van der Waals surface area contributed by atoms with Crippen LogP contribution in [0.4, 0.5) is 0 Å². The summed E-state index contributed by atoms with van der Waals surface area (Å²) >= 11 is 5.97. The maximum Gasteiger partial charge on any atom is 0.161 e. The van der Waals surface area contributed by atoms with E-state index in [1.54, 1.807) is 6.07 Å². The van der Waals surface area contributed by atoms with Crippen LogP contribution >= 0.6 is 11.6 Å². The molecule has 0 fully saturated rings. The van der Waals surface area contributed by atoms with Crippen LogP contribution in [0.25, 0.3) is 22.1 Å². The van der Waals surface area contributed by atoms with Gasteiger partial charge in [-0.3, -0.25) is 4.98 Å². The van der Waals surface area contributed by atoms with Gasteiger partial charge in [-0.05, 0) is 42.3 Å². The molecule has 0 aliphatic rings. The van der Waals surface area contributed by atoms with Gasteiger partial charge in [-0.15, -0.1) is 0 Å². The van der Waals surface area contributed by atoms with Gasteiger partial charge in [-0.25, -0.2) is 9.97 Å². The Kier molecular flexibility index (Phi) is 3.24. The molecule has 0 radical (unpaired) electrons. The number of halogens is 1. The van der Waals surface area contributed by atoms with E-state index in [-0.39, 0.29) is 0 Å². The van der Waals surface area contributed by atoms with E-state index >= 15 is 0 Å². The van der Waals surface area contributed by atoms with E-state index in [1.807, 2.05) is 29.2 Å². The van der Waals surface area contributed by atoms with Gasteiger partial charge in [0.15, 0.2) is 5.65 Å². The van der Waals surface area contributed by atoms with Crippen molar-refractivity contribution in [2.24, 2.45) is 0 Å². The van der Waals surface area contributed by atoms with Crippen molar-refractivity contribution < 1.29 is 0 Å². The van der Waals surface area contributed by atoms with E-state index in [4.69, 9.17) is 11.6 Å². The number of aromatic nitrogens is 4. The monoisotopic (exact) mass is 308 g/mol. The van der Waals surface area contributed by atoms with Crippen molar-refractivity contribution in [2.45, 2.75) is 13.0 Å². The Morgan fingerprint density at radius 2 is 1.91 bits per heavy atom. The van der Waals surface area contributed by atoms with Gasteiger partial charge in [0.05, 0.1) is 11.8 Å². The van der Waals surface area contributed by atoms with Crippen LogP contribution in [0.1, 0.15) is 5.56 Å². The molecule has 0 bridgehead atoms. The van der Waals surface area contributed by atoms with E-state index in [9.17, 15) is 0 Å². The molecule has 4 aromatic rings. The lowest BCUT2D eigenvalue weighted by Gasteiger charge is -2.05. The summed E-state index contributed by atoms with van der Waals surface area (Å²) in [4.78, 5) is 13.1. The van der Waals surface area contributed by atoms with E-state index < -0.39 is 0 Å². The summed E-state index contributed by atoms with van der Waals surface area (Å²) in [5.74, 6) is 0. The molecule has 0 spiro atoms. The van der Waals surface area contributed by atoms with Gasteiger partial charge in [-0.2, -0.15) is 0 Å². The summed E-state index contributed by atoms with van der Waals surface area (Å²) in [7, 11) is 0. The van der Waals surface area contributed by atoms with Crippen LogP contribution in [-0.2, 0) is 13.0 Å². The summed E-state index contributed by atoms with van der Waals surface area (Å²) in [6.45, 7) is 0.815. The average molecular weight is 309 g/mol. The SMILES string of the molecule is Clc1ccc2ncn(CCc3ccc4ncccc4c3)c2n1. The molecule has 4 rings (SSSR count). The summed E-state index contributed by atoms with van der Waals surface area (Å²) in [5.41, 5.74) is 3.99. The van der Waals surface area contributed by atoms with Crippen molar-refractivity contribution in [1.29, 1.82) is 0 Å². The first-order valence-electron chi connectivity index (χ1n) is 7.11. The molecule has 5 heteroatoms. The highest BCUT2D eigenvalue weighted by Crippen LogP contribution is 2.17. The molecule has 0 unspecified atom stereocenters. The molecular weight excluding hydrogens is 296 g/mol. The Hall–Kier alpha value is -2.46. The topological polar surface area (TPSA) is 43.6 Å². The molecule has 0 saturated carbocycles. The van der Waals surface area contributed by atoms with E-state index in [0.717, 1.165) is 35.0 Å². The zero-order chi connectivity index (χ0) is 14.9. The van der Waals surface area contributed by atoms with Crippen molar-refractivity contribution in [1.82, 2.24) is 19.5 Å². The standard InChI is InChI=1S/C17H13ClN4/c18-16-6-5-15-17(21-16)22(11-20-15)9-7-12-3-4-14-13(10-12)2-1-8-19-14/h1-6,8,10-11H,7,9H2. The Morgan fingerprint density at radius 3 is 2.86 bits per heavy atom. The van der Waals surface area contributed by atoms with Gasteiger partial charge in [0.25, 0.3) is 0 Å². The predicted octanol–water partition coefficient (Wildman–Crippen LogP) is 3.88. The second-order valence-corrected chi connectivity index (χ2v) is 5.58. The van der Waals surface area contributed by atoms with Crippen LogP contribution < -0.4 is 0 Å². The van der Waals surface area contributed by atoms with Crippen LogP contribution in [0.3, 0.4) is 0 Å². The van der Waals surface area contributed by atoms with Crippen LogP contribution in [0.15, 0.2) is 55.0 Å². The summed E-state index contributed by atoms with van der Waals surface area (Å²) in [6, 6.07) is 14.1. The molecule has 0 amide bonds. The highest BCUT2D eigenvalue weighted by atomic mass is 35.5. The zero-order valence-electron chi connectivity index (χ0n) is 11.8. The fourth-order valence-electron chi connectivity index (χ4n) is 2.61. The van der Waals surface area contributed by atoms with Crippen molar-refractivity contribution in [3.05, 3.63) is 65.7 Å². The molecule has 0 aliphatic heterocycles. The molecular formula is C17H13ClN4. The lowest BCUT2D eigenvalue weighted by atomic mass is 10.1. The smallest absolute Gasteiger partial charge is 0.161 e. The third kappa shape index (κ3) is 2.42. The molecule has 1 aromatic carbocycles. The first-order valence-corrected chi connectivity index (χ1v) is 7.48. The molecule has 0 N–H and O–H groups in total. The van der Waals surface area contributed by atoms with Gasteiger partial charge in [0.2, 0.25) is 0 Å². The van der Waals surface area contributed by atoms with Crippen LogP contribution in [-0.4, -0.2) is 19.5 Å². The van der Waals surface area contributed by atoms with Crippen molar-refractivity contribution in [3.8, 4) is 0 Å². The number of rotatable bonds is 3. The van der Waals surface area contributed by atoms with Crippen LogP contribution in [0.5, 0.6) is 0 Å². The highest BCUT2D eigenvalue weighted by molar-refractivity contribution is 6.29. The Bertz CT molecular complexity index is 961. The number of nitrogens with zero attached hydrogens (tertiary/aromatic N) is 4. The number of aryl methyl sites for hydroxylation is 2. The van der Waals surface area contributed by atoms with E-state index in [2.05, 4.69) is 39.2 Å². The molecule has 3 aromatic heterocycles. The fraction of sp³-hybridized carbons (Fsp3) is 0.118. The third-order valence-corrected chi connectivity index (χ3v) is 3.95. The van der Waals surface area contributed by atoms with Crippen LogP contribution in [0, 0.1) is 0 Å².